The van der Waals surface area contributed by atoms with Crippen LogP contribution in [0.2, 0.25) is 5.22 Å². The number of aliphatic hydroxyl groups excluding tert-OH is 1. The summed E-state index contributed by atoms with van der Waals surface area (Å²) in [5.74, 6) is 0. The fourth-order valence-electron chi connectivity index (χ4n) is 0.846. The summed E-state index contributed by atoms with van der Waals surface area (Å²) in [5, 5.41) is 12.5. The van der Waals surface area contributed by atoms with Crippen molar-refractivity contribution in [2.45, 2.75) is 6.10 Å². The maximum atomic E-state index is 9.38. The van der Waals surface area contributed by atoms with Crippen molar-refractivity contribution in [3.63, 3.8) is 0 Å². The van der Waals surface area contributed by atoms with Gasteiger partial charge in [-0.2, -0.15) is 0 Å². The number of aliphatic hydroxyl groups is 1. The second kappa shape index (κ2) is 3.76. The highest BCUT2D eigenvalue weighted by Gasteiger charge is 2.12. The SMILES string of the molecule is CNCC(O)c1ccoc1Cl. The van der Waals surface area contributed by atoms with Crippen LogP contribution in [0.15, 0.2) is 16.7 Å². The minimum atomic E-state index is -0.591. The molecule has 0 bridgehead atoms. The zero-order chi connectivity index (χ0) is 8.27. The van der Waals surface area contributed by atoms with Crippen LogP contribution < -0.4 is 5.32 Å². The van der Waals surface area contributed by atoms with Crippen LogP contribution in [0.4, 0.5) is 0 Å². The number of furan rings is 1. The van der Waals surface area contributed by atoms with E-state index in [0.29, 0.717) is 12.1 Å². The molecule has 11 heavy (non-hydrogen) atoms. The molecule has 1 unspecified atom stereocenters. The van der Waals surface area contributed by atoms with Gasteiger partial charge >= 0.3 is 0 Å². The zero-order valence-corrected chi connectivity index (χ0v) is 6.93. The molecule has 1 aromatic rings. The van der Waals surface area contributed by atoms with Crippen LogP contribution >= 0.6 is 11.6 Å². The Morgan fingerprint density at radius 2 is 2.55 bits per heavy atom. The van der Waals surface area contributed by atoms with Crippen LogP contribution in [0.25, 0.3) is 0 Å². The average molecular weight is 176 g/mol. The highest BCUT2D eigenvalue weighted by Crippen LogP contribution is 2.22. The van der Waals surface area contributed by atoms with E-state index in [-0.39, 0.29) is 5.22 Å². The number of nitrogens with one attached hydrogen (secondary N) is 1. The van der Waals surface area contributed by atoms with Gasteiger partial charge in [0.05, 0.1) is 12.4 Å². The minimum Gasteiger partial charge on any atom is -0.453 e. The Balaban J connectivity index is 2.67. The molecule has 0 radical (unpaired) electrons. The third kappa shape index (κ3) is 1.96. The van der Waals surface area contributed by atoms with Crippen LogP contribution in [0, 0.1) is 0 Å². The molecule has 0 fully saturated rings. The number of likely N-dealkylation sites (N-methyl/N-ethyl adjacent to an activating group) is 1. The van der Waals surface area contributed by atoms with E-state index in [2.05, 4.69) is 5.32 Å². The molecule has 0 aliphatic rings. The number of rotatable bonds is 3. The molecule has 62 valence electrons. The Morgan fingerprint density at radius 1 is 1.82 bits per heavy atom. The summed E-state index contributed by atoms with van der Waals surface area (Å²) in [6.07, 6.45) is 0.863. The molecule has 1 atom stereocenters. The predicted molar refractivity (Wildman–Crippen MR) is 42.6 cm³/mol. The molecule has 0 aromatic carbocycles. The van der Waals surface area contributed by atoms with Crippen LogP contribution in [0.1, 0.15) is 11.7 Å². The lowest BCUT2D eigenvalue weighted by Gasteiger charge is -2.06. The molecule has 1 heterocycles. The highest BCUT2D eigenvalue weighted by molar-refractivity contribution is 6.29. The second-order valence-electron chi connectivity index (χ2n) is 2.22. The van der Waals surface area contributed by atoms with E-state index in [9.17, 15) is 5.11 Å². The van der Waals surface area contributed by atoms with Crippen molar-refractivity contribution in [2.75, 3.05) is 13.6 Å². The maximum absolute atomic E-state index is 9.38. The van der Waals surface area contributed by atoms with Gasteiger partial charge in [0.1, 0.15) is 0 Å². The van der Waals surface area contributed by atoms with Crippen LogP contribution in [-0.4, -0.2) is 18.7 Å². The van der Waals surface area contributed by atoms with E-state index in [4.69, 9.17) is 16.0 Å². The van der Waals surface area contributed by atoms with Gasteiger partial charge in [-0.3, -0.25) is 0 Å². The van der Waals surface area contributed by atoms with Gasteiger partial charge in [-0.05, 0) is 24.7 Å². The third-order valence-corrected chi connectivity index (χ3v) is 1.71. The lowest BCUT2D eigenvalue weighted by molar-refractivity contribution is 0.177. The Labute approximate surface area is 70.0 Å². The topological polar surface area (TPSA) is 45.4 Å². The van der Waals surface area contributed by atoms with E-state index in [1.807, 2.05) is 0 Å². The Hall–Kier alpha value is -0.510. The lowest BCUT2D eigenvalue weighted by Crippen LogP contribution is -2.16. The highest BCUT2D eigenvalue weighted by atomic mass is 35.5. The van der Waals surface area contributed by atoms with E-state index in [1.165, 1.54) is 6.26 Å². The van der Waals surface area contributed by atoms with Gasteiger partial charge in [-0.25, -0.2) is 0 Å². The smallest absolute Gasteiger partial charge is 0.198 e. The van der Waals surface area contributed by atoms with Gasteiger partial charge < -0.3 is 14.8 Å². The van der Waals surface area contributed by atoms with E-state index < -0.39 is 6.10 Å². The van der Waals surface area contributed by atoms with Crippen molar-refractivity contribution in [2.24, 2.45) is 0 Å². The number of halogens is 1. The molecule has 1 rings (SSSR count). The monoisotopic (exact) mass is 175 g/mol. The molecule has 1 aromatic heterocycles. The zero-order valence-electron chi connectivity index (χ0n) is 6.17. The van der Waals surface area contributed by atoms with Gasteiger partial charge in [0.25, 0.3) is 0 Å². The van der Waals surface area contributed by atoms with Crippen LogP contribution in [0.5, 0.6) is 0 Å². The number of hydrogen-bond donors (Lipinski definition) is 2. The summed E-state index contributed by atoms with van der Waals surface area (Å²) in [4.78, 5) is 0. The van der Waals surface area contributed by atoms with E-state index in [1.54, 1.807) is 13.1 Å². The molecular formula is C7H10ClNO2. The van der Waals surface area contributed by atoms with E-state index in [0.717, 1.165) is 0 Å². The maximum Gasteiger partial charge on any atom is 0.198 e. The molecular weight excluding hydrogens is 166 g/mol. The summed E-state index contributed by atoms with van der Waals surface area (Å²) in [7, 11) is 1.76. The molecule has 0 aliphatic carbocycles. The first-order chi connectivity index (χ1) is 5.25. The molecule has 0 saturated heterocycles. The van der Waals surface area contributed by atoms with Gasteiger partial charge in [-0.15, -0.1) is 0 Å². The molecule has 2 N–H and O–H groups in total. The normalized spacial score (nSPS) is 13.4. The predicted octanol–water partition coefficient (Wildman–Crippen LogP) is 1.19. The molecule has 3 nitrogen and oxygen atoms in total. The van der Waals surface area contributed by atoms with Crippen LogP contribution in [0.3, 0.4) is 0 Å². The molecule has 0 aliphatic heterocycles. The Kier molecular flexibility index (Phi) is 2.93. The van der Waals surface area contributed by atoms with Gasteiger partial charge in [0.2, 0.25) is 0 Å². The summed E-state index contributed by atoms with van der Waals surface area (Å²) < 4.78 is 4.81. The minimum absolute atomic E-state index is 0.257. The largest absolute Gasteiger partial charge is 0.453 e. The van der Waals surface area contributed by atoms with Gasteiger partial charge in [0.15, 0.2) is 5.22 Å². The quantitative estimate of drug-likeness (QED) is 0.726. The average Bonchev–Trinajstić information content (AvgIpc) is 2.36. The fourth-order valence-corrected chi connectivity index (χ4v) is 1.09. The molecule has 4 heteroatoms. The Morgan fingerprint density at radius 3 is 3.00 bits per heavy atom. The van der Waals surface area contributed by atoms with Crippen molar-refractivity contribution in [3.8, 4) is 0 Å². The summed E-state index contributed by atoms with van der Waals surface area (Å²) in [6.45, 7) is 0.471. The first-order valence-corrected chi connectivity index (χ1v) is 3.69. The number of hydrogen-bond acceptors (Lipinski definition) is 3. The van der Waals surface area contributed by atoms with Crippen molar-refractivity contribution < 1.29 is 9.52 Å². The van der Waals surface area contributed by atoms with Crippen molar-refractivity contribution in [3.05, 3.63) is 23.1 Å². The molecule has 0 amide bonds. The first-order valence-electron chi connectivity index (χ1n) is 3.31. The van der Waals surface area contributed by atoms with Crippen molar-refractivity contribution >= 4 is 11.6 Å². The summed E-state index contributed by atoms with van der Waals surface area (Å²) >= 11 is 5.62. The summed E-state index contributed by atoms with van der Waals surface area (Å²) in [5.41, 5.74) is 0.626. The van der Waals surface area contributed by atoms with Gasteiger partial charge in [0, 0.05) is 12.1 Å². The fraction of sp³-hybridized carbons (Fsp3) is 0.429. The molecule has 0 saturated carbocycles. The van der Waals surface area contributed by atoms with Crippen molar-refractivity contribution in [1.82, 2.24) is 5.32 Å². The lowest BCUT2D eigenvalue weighted by atomic mass is 10.2. The molecule has 0 spiro atoms. The van der Waals surface area contributed by atoms with Crippen LogP contribution in [-0.2, 0) is 0 Å². The third-order valence-electron chi connectivity index (χ3n) is 1.40. The van der Waals surface area contributed by atoms with Gasteiger partial charge in [-0.1, -0.05) is 0 Å². The first kappa shape index (κ1) is 8.59. The van der Waals surface area contributed by atoms with E-state index >= 15 is 0 Å². The Bertz CT molecular complexity index is 224. The second-order valence-corrected chi connectivity index (χ2v) is 2.57. The van der Waals surface area contributed by atoms with Crippen molar-refractivity contribution in [1.29, 1.82) is 0 Å². The summed E-state index contributed by atoms with van der Waals surface area (Å²) in [6, 6.07) is 1.66. The standard InChI is InChI=1S/C7H10ClNO2/c1-9-4-6(10)5-2-3-11-7(5)8/h2-3,6,9-10H,4H2,1H3.